The summed E-state index contributed by atoms with van der Waals surface area (Å²) < 4.78 is 44.1. The van der Waals surface area contributed by atoms with Crippen LogP contribution in [0.15, 0.2) is 58.3 Å². The van der Waals surface area contributed by atoms with Crippen molar-refractivity contribution in [3.63, 3.8) is 0 Å². The Bertz CT molecular complexity index is 1040. The molecular weight excluding hydrogens is 401 g/mol. The van der Waals surface area contributed by atoms with Crippen LogP contribution in [0.3, 0.4) is 0 Å². The quantitative estimate of drug-likeness (QED) is 0.794. The number of rotatable bonds is 3. The second-order valence-corrected chi connectivity index (χ2v) is 7.31. The van der Waals surface area contributed by atoms with Crippen LogP contribution in [0.1, 0.15) is 36.5 Å². The summed E-state index contributed by atoms with van der Waals surface area (Å²) in [6.07, 6.45) is -2.86. The summed E-state index contributed by atoms with van der Waals surface area (Å²) in [6, 6.07) is 7.65. The molecule has 0 bridgehead atoms. The predicted octanol–water partition coefficient (Wildman–Crippen LogP) is 3.77. The van der Waals surface area contributed by atoms with Gasteiger partial charge >= 0.3 is 6.18 Å². The standard InChI is InChI=1S/C21H17F3N2O4/c22-21(23,24)12-3-1-4-13(9-12)25-20(29)14-10-18(28)26-15-7-11(8-16(27)19(14)15)17-5-2-6-30-17/h1-6,9,11,14H,7-8,10H2,(H,25,29)(H,26,28)/t11-,14+/m0/s1. The molecule has 0 saturated heterocycles. The number of allylic oxidation sites excluding steroid dienone is 1. The Hall–Kier alpha value is -3.36. The Labute approximate surface area is 169 Å². The molecule has 2 amide bonds. The van der Waals surface area contributed by atoms with Crippen LogP contribution in [0.25, 0.3) is 0 Å². The fraction of sp³-hybridized carbons (Fsp3) is 0.286. The fourth-order valence-corrected chi connectivity index (χ4v) is 3.91. The molecule has 0 saturated carbocycles. The molecule has 0 radical (unpaired) electrons. The number of halogens is 3. The minimum atomic E-state index is -4.55. The van der Waals surface area contributed by atoms with E-state index in [2.05, 4.69) is 10.6 Å². The van der Waals surface area contributed by atoms with E-state index in [9.17, 15) is 27.6 Å². The summed E-state index contributed by atoms with van der Waals surface area (Å²) in [5, 5.41) is 5.08. The fourth-order valence-electron chi connectivity index (χ4n) is 3.91. The molecule has 1 aliphatic heterocycles. The first-order valence-electron chi connectivity index (χ1n) is 9.30. The summed E-state index contributed by atoms with van der Waals surface area (Å²) in [7, 11) is 0. The lowest BCUT2D eigenvalue weighted by molar-refractivity contribution is -0.137. The van der Waals surface area contributed by atoms with E-state index < -0.39 is 29.5 Å². The van der Waals surface area contributed by atoms with Gasteiger partial charge in [0.1, 0.15) is 5.76 Å². The number of hydrogen-bond donors (Lipinski definition) is 2. The third-order valence-electron chi connectivity index (χ3n) is 5.26. The van der Waals surface area contributed by atoms with E-state index in [1.807, 2.05) is 0 Å². The van der Waals surface area contributed by atoms with Gasteiger partial charge in [0.25, 0.3) is 0 Å². The summed E-state index contributed by atoms with van der Waals surface area (Å²) in [5.41, 5.74) is -0.383. The first-order valence-corrected chi connectivity index (χ1v) is 9.30. The molecule has 156 valence electrons. The zero-order chi connectivity index (χ0) is 21.5. The highest BCUT2D eigenvalue weighted by Gasteiger charge is 2.41. The van der Waals surface area contributed by atoms with Crippen LogP contribution >= 0.6 is 0 Å². The van der Waals surface area contributed by atoms with Crippen molar-refractivity contribution in [3.8, 4) is 0 Å². The van der Waals surface area contributed by atoms with E-state index in [0.717, 1.165) is 12.1 Å². The molecule has 9 heteroatoms. The lowest BCUT2D eigenvalue weighted by Gasteiger charge is -2.32. The molecule has 2 aromatic rings. The number of hydrogen-bond acceptors (Lipinski definition) is 4. The molecule has 2 heterocycles. The SMILES string of the molecule is O=C1C[C@@H](C(=O)Nc2cccc(C(F)(F)F)c2)C2=C(C[C@H](c3ccco3)CC2=O)N1. The number of anilines is 1. The number of nitrogens with one attached hydrogen (secondary N) is 2. The summed E-state index contributed by atoms with van der Waals surface area (Å²) in [6.45, 7) is 0. The number of Topliss-reactive ketones (excluding diaryl/α,β-unsaturated/α-hetero) is 1. The summed E-state index contributed by atoms with van der Waals surface area (Å²) in [4.78, 5) is 37.8. The van der Waals surface area contributed by atoms with E-state index >= 15 is 0 Å². The van der Waals surface area contributed by atoms with E-state index in [1.165, 1.54) is 18.4 Å². The van der Waals surface area contributed by atoms with E-state index in [4.69, 9.17) is 4.42 Å². The molecular formula is C21H17F3N2O4. The number of carbonyl (C=O) groups is 3. The van der Waals surface area contributed by atoms with Gasteiger partial charge in [0.05, 0.1) is 17.7 Å². The topological polar surface area (TPSA) is 88.4 Å². The molecule has 30 heavy (non-hydrogen) atoms. The van der Waals surface area contributed by atoms with Crippen LogP contribution in [0.4, 0.5) is 18.9 Å². The molecule has 0 unspecified atom stereocenters. The molecule has 0 fully saturated rings. The van der Waals surface area contributed by atoms with Crippen molar-refractivity contribution in [3.05, 3.63) is 65.3 Å². The van der Waals surface area contributed by atoms with Crippen molar-refractivity contribution < 1.29 is 32.0 Å². The van der Waals surface area contributed by atoms with Crippen molar-refractivity contribution in [2.45, 2.75) is 31.4 Å². The lowest BCUT2D eigenvalue weighted by atomic mass is 9.76. The van der Waals surface area contributed by atoms with Gasteiger partial charge in [0.15, 0.2) is 5.78 Å². The largest absolute Gasteiger partial charge is 0.469 e. The van der Waals surface area contributed by atoms with Crippen molar-refractivity contribution in [1.29, 1.82) is 0 Å². The van der Waals surface area contributed by atoms with Gasteiger partial charge in [-0.3, -0.25) is 14.4 Å². The van der Waals surface area contributed by atoms with Crippen LogP contribution in [-0.2, 0) is 20.6 Å². The number of furan rings is 1. The molecule has 2 atom stereocenters. The summed E-state index contributed by atoms with van der Waals surface area (Å²) >= 11 is 0. The van der Waals surface area contributed by atoms with Gasteiger partial charge in [-0.15, -0.1) is 0 Å². The summed E-state index contributed by atoms with van der Waals surface area (Å²) in [5.74, 6) is -2.11. The second kappa shape index (κ2) is 7.47. The van der Waals surface area contributed by atoms with E-state index in [-0.39, 0.29) is 35.8 Å². The average molecular weight is 418 g/mol. The van der Waals surface area contributed by atoms with Crippen molar-refractivity contribution in [2.24, 2.45) is 5.92 Å². The number of ketones is 1. The Balaban J connectivity index is 1.59. The van der Waals surface area contributed by atoms with Crippen molar-refractivity contribution >= 4 is 23.3 Å². The van der Waals surface area contributed by atoms with Crippen molar-refractivity contribution in [2.75, 3.05) is 5.32 Å². The van der Waals surface area contributed by atoms with E-state index in [1.54, 1.807) is 12.1 Å². The van der Waals surface area contributed by atoms with Crippen molar-refractivity contribution in [1.82, 2.24) is 5.32 Å². The third kappa shape index (κ3) is 3.87. The minimum absolute atomic E-state index is 0.0559. The first-order chi connectivity index (χ1) is 14.2. The Kier molecular flexibility index (Phi) is 4.97. The maximum Gasteiger partial charge on any atom is 0.416 e. The Morgan fingerprint density at radius 2 is 1.90 bits per heavy atom. The highest BCUT2D eigenvalue weighted by atomic mass is 19.4. The predicted molar refractivity (Wildman–Crippen MR) is 99.0 cm³/mol. The van der Waals surface area contributed by atoms with Crippen LogP contribution in [0.5, 0.6) is 0 Å². The van der Waals surface area contributed by atoms with Crippen LogP contribution in [0, 0.1) is 5.92 Å². The molecule has 2 aliphatic rings. The van der Waals surface area contributed by atoms with Gasteiger partial charge in [-0.1, -0.05) is 6.07 Å². The highest BCUT2D eigenvalue weighted by Crippen LogP contribution is 2.39. The Morgan fingerprint density at radius 1 is 1.10 bits per heavy atom. The van der Waals surface area contributed by atoms with Crippen LogP contribution in [0.2, 0.25) is 0 Å². The monoisotopic (exact) mass is 418 g/mol. The van der Waals surface area contributed by atoms with Gasteiger partial charge in [0.2, 0.25) is 11.8 Å². The maximum atomic E-state index is 12.9. The van der Waals surface area contributed by atoms with Gasteiger partial charge in [-0.2, -0.15) is 13.2 Å². The zero-order valence-corrected chi connectivity index (χ0v) is 15.6. The van der Waals surface area contributed by atoms with Gasteiger partial charge in [0, 0.05) is 35.7 Å². The Morgan fingerprint density at radius 3 is 2.60 bits per heavy atom. The molecule has 1 aromatic carbocycles. The first kappa shape index (κ1) is 19.9. The van der Waals surface area contributed by atoms with Crippen LogP contribution < -0.4 is 10.6 Å². The van der Waals surface area contributed by atoms with Gasteiger partial charge in [-0.25, -0.2) is 0 Å². The molecule has 4 rings (SSSR count). The van der Waals surface area contributed by atoms with Crippen LogP contribution in [-0.4, -0.2) is 17.6 Å². The van der Waals surface area contributed by atoms with Gasteiger partial charge in [-0.05, 0) is 36.8 Å². The lowest BCUT2D eigenvalue weighted by Crippen LogP contribution is -2.43. The number of alkyl halides is 3. The molecule has 1 aliphatic carbocycles. The number of amides is 2. The van der Waals surface area contributed by atoms with E-state index in [0.29, 0.717) is 17.9 Å². The average Bonchev–Trinajstić information content (AvgIpc) is 3.21. The second-order valence-electron chi connectivity index (χ2n) is 7.31. The maximum absolute atomic E-state index is 12.9. The highest BCUT2D eigenvalue weighted by molar-refractivity contribution is 6.09. The third-order valence-corrected chi connectivity index (χ3v) is 5.26. The number of carbonyl (C=O) groups excluding carboxylic acids is 3. The van der Waals surface area contributed by atoms with Gasteiger partial charge < -0.3 is 15.1 Å². The molecule has 1 aromatic heterocycles. The zero-order valence-electron chi connectivity index (χ0n) is 15.6. The molecule has 2 N–H and O–H groups in total. The normalized spacial score (nSPS) is 21.8. The molecule has 6 nitrogen and oxygen atoms in total. The smallest absolute Gasteiger partial charge is 0.416 e. The molecule has 0 spiro atoms. The minimum Gasteiger partial charge on any atom is -0.469 e. The number of benzene rings is 1.